The van der Waals surface area contributed by atoms with Crippen LogP contribution in [0.3, 0.4) is 0 Å². The zero-order valence-electron chi connectivity index (χ0n) is 11.6. The molecule has 0 saturated carbocycles. The smallest absolute Gasteiger partial charge is 0.0708 e. The molecular weight excluding hydrogens is 236 g/mol. The van der Waals surface area contributed by atoms with Crippen LogP contribution in [-0.4, -0.2) is 34.7 Å². The zero-order valence-corrected chi connectivity index (χ0v) is 11.6. The normalized spacial score (nSPS) is 16.8. The summed E-state index contributed by atoms with van der Waals surface area (Å²) in [6, 6.07) is 8.36. The van der Waals surface area contributed by atoms with Crippen LogP contribution in [0.25, 0.3) is 10.9 Å². The van der Waals surface area contributed by atoms with Crippen LogP contribution in [0.1, 0.15) is 16.8 Å². The Kier molecular flexibility index (Phi) is 3.25. The van der Waals surface area contributed by atoms with Gasteiger partial charge in [0.15, 0.2) is 0 Å². The molecule has 0 aliphatic carbocycles. The molecule has 3 heteroatoms. The van der Waals surface area contributed by atoms with Gasteiger partial charge in [-0.1, -0.05) is 18.2 Å². The van der Waals surface area contributed by atoms with Crippen LogP contribution in [0.4, 0.5) is 0 Å². The Hall–Kier alpha value is -1.45. The molecule has 2 heterocycles. The molecular formula is C16H20N2O. The average molecular weight is 256 g/mol. The van der Waals surface area contributed by atoms with Gasteiger partial charge in [0.2, 0.25) is 0 Å². The lowest BCUT2D eigenvalue weighted by atomic mass is 9.96. The van der Waals surface area contributed by atoms with E-state index >= 15 is 0 Å². The number of likely N-dealkylation sites (tertiary alicyclic amines) is 1. The van der Waals surface area contributed by atoms with E-state index in [4.69, 9.17) is 5.11 Å². The average Bonchev–Trinajstić information content (AvgIpc) is 2.37. The summed E-state index contributed by atoms with van der Waals surface area (Å²) in [5, 5.41) is 10.4. The Morgan fingerprint density at radius 2 is 2.00 bits per heavy atom. The lowest BCUT2D eigenvalue weighted by Crippen LogP contribution is -2.47. The van der Waals surface area contributed by atoms with E-state index in [1.54, 1.807) is 0 Å². The number of fused-ring (bicyclic) bond motifs is 1. The summed E-state index contributed by atoms with van der Waals surface area (Å²) in [7, 11) is 0. The fourth-order valence-corrected chi connectivity index (χ4v) is 2.86. The summed E-state index contributed by atoms with van der Waals surface area (Å²) in [6.07, 6.45) is 0. The number of hydrogen-bond donors (Lipinski definition) is 1. The molecule has 1 aliphatic rings. The van der Waals surface area contributed by atoms with Gasteiger partial charge < -0.3 is 5.11 Å². The van der Waals surface area contributed by atoms with Crippen molar-refractivity contribution in [3.63, 3.8) is 0 Å². The Balaban J connectivity index is 1.95. The van der Waals surface area contributed by atoms with Gasteiger partial charge in [0.05, 0.1) is 5.52 Å². The van der Waals surface area contributed by atoms with Crippen LogP contribution >= 0.6 is 0 Å². The predicted octanol–water partition coefficient (Wildman–Crippen LogP) is 2.28. The molecule has 3 nitrogen and oxygen atoms in total. The van der Waals surface area contributed by atoms with Crippen molar-refractivity contribution >= 4 is 10.9 Å². The molecule has 0 bridgehead atoms. The second kappa shape index (κ2) is 4.91. The van der Waals surface area contributed by atoms with E-state index in [0.29, 0.717) is 12.5 Å². The van der Waals surface area contributed by atoms with Crippen LogP contribution in [0.2, 0.25) is 0 Å². The first-order valence-corrected chi connectivity index (χ1v) is 6.87. The Labute approximate surface area is 113 Å². The summed E-state index contributed by atoms with van der Waals surface area (Å²) in [4.78, 5) is 7.06. The summed E-state index contributed by atoms with van der Waals surface area (Å²) < 4.78 is 0. The molecule has 0 spiro atoms. The standard InChI is InChI=1S/C16H20N2O/c1-11-12(2)17-16-6-4-3-5-14(16)15(11)9-18-7-13(8-18)10-19/h3-6,13,19H,7-10H2,1-2H3. The van der Waals surface area contributed by atoms with Crippen LogP contribution in [0.5, 0.6) is 0 Å². The van der Waals surface area contributed by atoms with Gasteiger partial charge in [-0.15, -0.1) is 0 Å². The summed E-state index contributed by atoms with van der Waals surface area (Å²) >= 11 is 0. The summed E-state index contributed by atoms with van der Waals surface area (Å²) in [5.74, 6) is 0.467. The molecule has 0 atom stereocenters. The van der Waals surface area contributed by atoms with Gasteiger partial charge in [-0.05, 0) is 31.0 Å². The molecule has 1 aliphatic heterocycles. The second-order valence-electron chi connectivity index (χ2n) is 5.56. The summed E-state index contributed by atoms with van der Waals surface area (Å²) in [6.45, 7) is 7.53. The van der Waals surface area contributed by atoms with Crippen molar-refractivity contribution < 1.29 is 5.11 Å². The molecule has 0 unspecified atom stereocenters. The van der Waals surface area contributed by atoms with Crippen LogP contribution in [-0.2, 0) is 6.54 Å². The lowest BCUT2D eigenvalue weighted by Gasteiger charge is -2.38. The van der Waals surface area contributed by atoms with Crippen molar-refractivity contribution in [1.29, 1.82) is 0 Å². The number of benzene rings is 1. The molecule has 1 fully saturated rings. The number of para-hydroxylation sites is 1. The van der Waals surface area contributed by atoms with Crippen molar-refractivity contribution in [1.82, 2.24) is 9.88 Å². The first kappa shape index (κ1) is 12.6. The number of aromatic nitrogens is 1. The van der Waals surface area contributed by atoms with Gasteiger partial charge >= 0.3 is 0 Å². The molecule has 3 rings (SSSR count). The third kappa shape index (κ3) is 2.24. The van der Waals surface area contributed by atoms with Crippen molar-refractivity contribution in [2.75, 3.05) is 19.7 Å². The highest BCUT2D eigenvalue weighted by Crippen LogP contribution is 2.26. The Morgan fingerprint density at radius 3 is 2.74 bits per heavy atom. The van der Waals surface area contributed by atoms with Gasteiger partial charge in [0.25, 0.3) is 0 Å². The van der Waals surface area contributed by atoms with Gasteiger partial charge in [0, 0.05) is 43.2 Å². The van der Waals surface area contributed by atoms with Crippen LogP contribution in [0, 0.1) is 19.8 Å². The van der Waals surface area contributed by atoms with Crippen molar-refractivity contribution in [2.45, 2.75) is 20.4 Å². The quantitative estimate of drug-likeness (QED) is 0.915. The first-order chi connectivity index (χ1) is 9.19. The molecule has 19 heavy (non-hydrogen) atoms. The summed E-state index contributed by atoms with van der Waals surface area (Å²) in [5.41, 5.74) is 4.89. The van der Waals surface area contributed by atoms with Crippen LogP contribution in [0.15, 0.2) is 24.3 Å². The van der Waals surface area contributed by atoms with Gasteiger partial charge in [-0.3, -0.25) is 9.88 Å². The SMILES string of the molecule is Cc1nc2ccccc2c(CN2CC(CO)C2)c1C. The molecule has 0 amide bonds. The van der Waals surface area contributed by atoms with E-state index in [2.05, 4.69) is 41.9 Å². The van der Waals surface area contributed by atoms with E-state index in [0.717, 1.165) is 30.8 Å². The molecule has 1 aromatic carbocycles. The minimum absolute atomic E-state index is 0.311. The third-order valence-electron chi connectivity index (χ3n) is 4.19. The minimum Gasteiger partial charge on any atom is -0.396 e. The van der Waals surface area contributed by atoms with E-state index < -0.39 is 0 Å². The highest BCUT2D eigenvalue weighted by atomic mass is 16.3. The number of rotatable bonds is 3. The van der Waals surface area contributed by atoms with Gasteiger partial charge in [0.1, 0.15) is 0 Å². The van der Waals surface area contributed by atoms with Gasteiger partial charge in [-0.25, -0.2) is 0 Å². The maximum atomic E-state index is 9.10. The van der Waals surface area contributed by atoms with E-state index in [1.165, 1.54) is 16.5 Å². The van der Waals surface area contributed by atoms with Gasteiger partial charge in [-0.2, -0.15) is 0 Å². The highest BCUT2D eigenvalue weighted by molar-refractivity contribution is 5.83. The monoisotopic (exact) mass is 256 g/mol. The van der Waals surface area contributed by atoms with E-state index in [1.807, 2.05) is 6.07 Å². The van der Waals surface area contributed by atoms with E-state index in [9.17, 15) is 0 Å². The second-order valence-corrected chi connectivity index (χ2v) is 5.56. The zero-order chi connectivity index (χ0) is 13.4. The molecule has 100 valence electrons. The highest BCUT2D eigenvalue weighted by Gasteiger charge is 2.26. The Morgan fingerprint density at radius 1 is 1.26 bits per heavy atom. The molecule has 0 radical (unpaired) electrons. The largest absolute Gasteiger partial charge is 0.396 e. The fraction of sp³-hybridized carbons (Fsp3) is 0.438. The van der Waals surface area contributed by atoms with E-state index in [-0.39, 0.29) is 0 Å². The third-order valence-corrected chi connectivity index (χ3v) is 4.19. The number of aliphatic hydroxyl groups is 1. The number of aliphatic hydroxyl groups excluding tert-OH is 1. The van der Waals surface area contributed by atoms with Crippen LogP contribution < -0.4 is 0 Å². The minimum atomic E-state index is 0.311. The first-order valence-electron chi connectivity index (χ1n) is 6.87. The molecule has 1 aromatic heterocycles. The number of aryl methyl sites for hydroxylation is 1. The molecule has 1 saturated heterocycles. The van der Waals surface area contributed by atoms with Crippen molar-refractivity contribution in [3.8, 4) is 0 Å². The topological polar surface area (TPSA) is 36.4 Å². The number of pyridine rings is 1. The maximum absolute atomic E-state index is 9.10. The molecule has 1 N–H and O–H groups in total. The predicted molar refractivity (Wildman–Crippen MR) is 77.1 cm³/mol. The lowest BCUT2D eigenvalue weighted by molar-refractivity contribution is 0.0481. The number of nitrogens with zero attached hydrogens (tertiary/aromatic N) is 2. The van der Waals surface area contributed by atoms with Crippen molar-refractivity contribution in [2.24, 2.45) is 5.92 Å². The van der Waals surface area contributed by atoms with Crippen molar-refractivity contribution in [3.05, 3.63) is 41.1 Å². The maximum Gasteiger partial charge on any atom is 0.0708 e. The molecule has 2 aromatic rings. The Bertz CT molecular complexity index is 603. The number of hydrogen-bond acceptors (Lipinski definition) is 3. The fourth-order valence-electron chi connectivity index (χ4n) is 2.86.